The van der Waals surface area contributed by atoms with Crippen LogP contribution in [-0.4, -0.2) is 38.6 Å². The van der Waals surface area contributed by atoms with Gasteiger partial charge >= 0.3 is 0 Å². The number of nitrogens with one attached hydrogen (secondary N) is 1. The zero-order valence-corrected chi connectivity index (χ0v) is 9.34. The molecule has 0 aromatic carbocycles. The van der Waals surface area contributed by atoms with Gasteiger partial charge in [-0.1, -0.05) is 6.92 Å². The third-order valence-electron chi connectivity index (χ3n) is 3.33. The zero-order valence-electron chi connectivity index (χ0n) is 9.34. The summed E-state index contributed by atoms with van der Waals surface area (Å²) in [5.41, 5.74) is 0. The van der Waals surface area contributed by atoms with Gasteiger partial charge in [0.1, 0.15) is 0 Å². The number of hydrogen-bond acceptors (Lipinski definition) is 2. The number of hydrogen-bond donors (Lipinski definition) is 1. The van der Waals surface area contributed by atoms with Crippen molar-refractivity contribution in [1.82, 2.24) is 10.2 Å². The molecule has 0 radical (unpaired) electrons. The summed E-state index contributed by atoms with van der Waals surface area (Å²) < 4.78 is 0. The fraction of sp³-hybridized carbons (Fsp3) is 1.00. The van der Waals surface area contributed by atoms with Crippen LogP contribution in [0, 0.1) is 11.8 Å². The largest absolute Gasteiger partial charge is 0.319 e. The van der Waals surface area contributed by atoms with E-state index in [1.807, 2.05) is 0 Å². The van der Waals surface area contributed by atoms with E-state index in [-0.39, 0.29) is 0 Å². The summed E-state index contributed by atoms with van der Waals surface area (Å²) in [6.07, 6.45) is 4.20. The molecule has 0 amide bonds. The molecule has 1 rings (SSSR count). The van der Waals surface area contributed by atoms with Crippen molar-refractivity contribution in [2.24, 2.45) is 11.8 Å². The van der Waals surface area contributed by atoms with E-state index in [9.17, 15) is 0 Å². The molecule has 1 N–H and O–H groups in total. The van der Waals surface area contributed by atoms with Crippen molar-refractivity contribution in [2.75, 3.05) is 33.7 Å². The van der Waals surface area contributed by atoms with Crippen molar-refractivity contribution in [3.05, 3.63) is 0 Å². The van der Waals surface area contributed by atoms with Gasteiger partial charge in [-0.05, 0) is 64.8 Å². The lowest BCUT2D eigenvalue weighted by Crippen LogP contribution is -2.25. The van der Waals surface area contributed by atoms with Crippen LogP contribution in [-0.2, 0) is 0 Å². The second-order valence-electron chi connectivity index (χ2n) is 4.53. The lowest BCUT2D eigenvalue weighted by Gasteiger charge is -2.22. The Morgan fingerprint density at radius 2 is 2.15 bits per heavy atom. The van der Waals surface area contributed by atoms with Crippen LogP contribution in [0.15, 0.2) is 0 Å². The molecule has 0 saturated carbocycles. The fourth-order valence-electron chi connectivity index (χ4n) is 2.32. The monoisotopic (exact) mass is 184 g/mol. The van der Waals surface area contributed by atoms with Gasteiger partial charge in [-0.3, -0.25) is 0 Å². The highest BCUT2D eigenvalue weighted by Gasteiger charge is 2.19. The third kappa shape index (κ3) is 3.65. The third-order valence-corrected chi connectivity index (χ3v) is 3.33. The molecule has 13 heavy (non-hydrogen) atoms. The van der Waals surface area contributed by atoms with Crippen molar-refractivity contribution in [3.63, 3.8) is 0 Å². The second kappa shape index (κ2) is 5.61. The molecule has 1 fully saturated rings. The summed E-state index contributed by atoms with van der Waals surface area (Å²) in [5.74, 6) is 1.79. The molecule has 1 saturated heterocycles. The van der Waals surface area contributed by atoms with Crippen molar-refractivity contribution < 1.29 is 0 Å². The molecule has 2 nitrogen and oxygen atoms in total. The Labute approximate surface area is 82.7 Å². The Morgan fingerprint density at radius 1 is 1.38 bits per heavy atom. The van der Waals surface area contributed by atoms with Crippen LogP contribution in [0.3, 0.4) is 0 Å². The molecule has 1 aliphatic rings. The zero-order chi connectivity index (χ0) is 9.68. The summed E-state index contributed by atoms with van der Waals surface area (Å²) in [6.45, 7) is 6.14. The van der Waals surface area contributed by atoms with Crippen LogP contribution in [0.5, 0.6) is 0 Å². The van der Waals surface area contributed by atoms with E-state index in [1.54, 1.807) is 0 Å². The lowest BCUT2D eigenvalue weighted by molar-refractivity contribution is 0.299. The van der Waals surface area contributed by atoms with Crippen molar-refractivity contribution in [1.29, 1.82) is 0 Å². The molecule has 0 spiro atoms. The summed E-state index contributed by atoms with van der Waals surface area (Å²) in [5, 5.41) is 3.28. The van der Waals surface area contributed by atoms with Crippen molar-refractivity contribution in [2.45, 2.75) is 26.2 Å². The smallest absolute Gasteiger partial charge is 0.00190 e. The Bertz CT molecular complexity index is 136. The number of nitrogens with zero attached hydrogens (tertiary/aromatic N) is 1. The topological polar surface area (TPSA) is 15.3 Å². The predicted octanol–water partition coefficient (Wildman–Crippen LogP) is 1.57. The van der Waals surface area contributed by atoms with Gasteiger partial charge in [0.25, 0.3) is 0 Å². The molecule has 78 valence electrons. The molecule has 1 aliphatic heterocycles. The second-order valence-corrected chi connectivity index (χ2v) is 4.53. The predicted molar refractivity (Wildman–Crippen MR) is 57.9 cm³/mol. The molecule has 0 aromatic heterocycles. The van der Waals surface area contributed by atoms with Gasteiger partial charge in [-0.25, -0.2) is 0 Å². The minimum absolute atomic E-state index is 0.844. The van der Waals surface area contributed by atoms with Gasteiger partial charge in [0.2, 0.25) is 0 Å². The van der Waals surface area contributed by atoms with Crippen LogP contribution in [0.1, 0.15) is 26.2 Å². The molecule has 0 aliphatic carbocycles. The summed E-state index contributed by atoms with van der Waals surface area (Å²) in [4.78, 5) is 2.46. The van der Waals surface area contributed by atoms with Crippen LogP contribution in [0.4, 0.5) is 0 Å². The van der Waals surface area contributed by atoms with Crippen LogP contribution in [0.25, 0.3) is 0 Å². The van der Waals surface area contributed by atoms with E-state index in [0.717, 1.165) is 11.8 Å². The van der Waals surface area contributed by atoms with Crippen LogP contribution < -0.4 is 5.32 Å². The normalized spacial score (nSPS) is 28.4. The summed E-state index contributed by atoms with van der Waals surface area (Å²) >= 11 is 0. The van der Waals surface area contributed by atoms with E-state index in [2.05, 4.69) is 31.2 Å². The molecular weight excluding hydrogens is 160 g/mol. The Balaban J connectivity index is 2.32. The molecule has 0 aromatic rings. The van der Waals surface area contributed by atoms with Gasteiger partial charge in [0, 0.05) is 0 Å². The van der Waals surface area contributed by atoms with Crippen molar-refractivity contribution in [3.8, 4) is 0 Å². The maximum atomic E-state index is 3.28. The highest BCUT2D eigenvalue weighted by molar-refractivity contribution is 4.73. The summed E-state index contributed by atoms with van der Waals surface area (Å²) in [7, 11) is 4.30. The molecule has 2 unspecified atom stereocenters. The lowest BCUT2D eigenvalue weighted by atomic mass is 9.88. The van der Waals surface area contributed by atoms with Gasteiger partial charge in [-0.15, -0.1) is 0 Å². The van der Waals surface area contributed by atoms with Gasteiger partial charge in [-0.2, -0.15) is 0 Å². The first-order valence-corrected chi connectivity index (χ1v) is 5.57. The van der Waals surface area contributed by atoms with E-state index in [0.29, 0.717) is 0 Å². The first kappa shape index (κ1) is 11.0. The fourth-order valence-corrected chi connectivity index (χ4v) is 2.32. The molecule has 2 atom stereocenters. The Morgan fingerprint density at radius 3 is 2.85 bits per heavy atom. The average Bonchev–Trinajstić information content (AvgIpc) is 2.30. The minimum atomic E-state index is 0.844. The van der Waals surface area contributed by atoms with Gasteiger partial charge in [0.15, 0.2) is 0 Å². The Hall–Kier alpha value is -0.0800. The molecule has 2 heteroatoms. The maximum absolute atomic E-state index is 3.28. The quantitative estimate of drug-likeness (QED) is 0.716. The first-order valence-electron chi connectivity index (χ1n) is 5.57. The van der Waals surface area contributed by atoms with Crippen LogP contribution >= 0.6 is 0 Å². The highest BCUT2D eigenvalue weighted by atomic mass is 15.1. The van der Waals surface area contributed by atoms with Crippen molar-refractivity contribution >= 4 is 0 Å². The summed E-state index contributed by atoms with van der Waals surface area (Å²) in [6, 6.07) is 0. The van der Waals surface area contributed by atoms with Crippen LogP contribution in [0.2, 0.25) is 0 Å². The first-order chi connectivity index (χ1) is 6.24. The standard InChI is InChI=1S/C11H24N2/c1-10(9-12-2)11-5-4-7-13(3)8-6-11/h10-12H,4-9H2,1-3H3. The number of likely N-dealkylation sites (tertiary alicyclic amines) is 1. The van der Waals surface area contributed by atoms with Gasteiger partial charge < -0.3 is 10.2 Å². The van der Waals surface area contributed by atoms with E-state index >= 15 is 0 Å². The Kier molecular flexibility index (Phi) is 4.74. The number of rotatable bonds is 3. The van der Waals surface area contributed by atoms with Gasteiger partial charge in [0.05, 0.1) is 0 Å². The molecular formula is C11H24N2. The van der Waals surface area contributed by atoms with E-state index in [1.165, 1.54) is 38.9 Å². The molecule has 0 bridgehead atoms. The van der Waals surface area contributed by atoms with E-state index in [4.69, 9.17) is 0 Å². The average molecular weight is 184 g/mol. The SMILES string of the molecule is CNCC(C)C1CCCN(C)CC1. The highest BCUT2D eigenvalue weighted by Crippen LogP contribution is 2.23. The minimum Gasteiger partial charge on any atom is -0.319 e. The van der Waals surface area contributed by atoms with E-state index < -0.39 is 0 Å². The molecule has 1 heterocycles. The maximum Gasteiger partial charge on any atom is -0.00190 e.